The maximum absolute atomic E-state index is 13.0. The molecule has 0 spiro atoms. The van der Waals surface area contributed by atoms with Crippen LogP contribution in [0.25, 0.3) is 27.9 Å². The fourth-order valence-corrected chi connectivity index (χ4v) is 3.38. The predicted molar refractivity (Wildman–Crippen MR) is 121 cm³/mol. The van der Waals surface area contributed by atoms with Gasteiger partial charge in [0.1, 0.15) is 16.9 Å². The average Bonchev–Trinajstić information content (AvgIpc) is 3.06. The summed E-state index contributed by atoms with van der Waals surface area (Å²) >= 11 is 0. The van der Waals surface area contributed by atoms with Crippen molar-refractivity contribution in [2.75, 3.05) is 12.3 Å². The van der Waals surface area contributed by atoms with Crippen LogP contribution in [0, 0.1) is 5.92 Å². The smallest absolute Gasteiger partial charge is 0.344 e. The van der Waals surface area contributed by atoms with E-state index in [4.69, 9.17) is 15.5 Å². The number of ether oxygens (including phenoxy) is 1. The van der Waals surface area contributed by atoms with Crippen LogP contribution in [-0.2, 0) is 4.74 Å². The number of fused-ring (bicyclic) bond motifs is 2. The van der Waals surface area contributed by atoms with Crippen LogP contribution in [0.15, 0.2) is 48.5 Å². The molecular formula is C24H24N4O3. The van der Waals surface area contributed by atoms with Gasteiger partial charge < -0.3 is 10.5 Å². The molecule has 0 aliphatic heterocycles. The third kappa shape index (κ3) is 3.74. The second kappa shape index (κ2) is 8.18. The molecule has 2 heterocycles. The number of hydrogen-bond donors (Lipinski definition) is 1. The van der Waals surface area contributed by atoms with E-state index in [1.54, 1.807) is 28.8 Å². The highest BCUT2D eigenvalue weighted by Crippen LogP contribution is 2.31. The number of carbonyl (C=O) groups is 2. The number of rotatable bonds is 6. The fourth-order valence-electron chi connectivity index (χ4n) is 3.38. The number of nitrogens with two attached hydrogens (primary N) is 1. The molecule has 0 radical (unpaired) electrons. The molecule has 0 amide bonds. The molecular weight excluding hydrogens is 392 g/mol. The highest BCUT2D eigenvalue weighted by Gasteiger charge is 2.26. The first-order valence-electron chi connectivity index (χ1n) is 10.3. The van der Waals surface area contributed by atoms with E-state index >= 15 is 0 Å². The molecule has 0 saturated heterocycles. The maximum atomic E-state index is 13.0. The van der Waals surface area contributed by atoms with Gasteiger partial charge in [-0.25, -0.2) is 14.8 Å². The summed E-state index contributed by atoms with van der Waals surface area (Å²) in [6.07, 6.45) is 0.900. The number of hydrogen-bond acceptors (Lipinski definition) is 6. The predicted octanol–water partition coefficient (Wildman–Crippen LogP) is 4.56. The largest absolute Gasteiger partial charge is 0.462 e. The molecule has 0 aliphatic rings. The Morgan fingerprint density at radius 1 is 1.06 bits per heavy atom. The second-order valence-corrected chi connectivity index (χ2v) is 7.70. The van der Waals surface area contributed by atoms with Crippen LogP contribution >= 0.6 is 0 Å². The van der Waals surface area contributed by atoms with Crippen LogP contribution in [0.1, 0.15) is 47.9 Å². The van der Waals surface area contributed by atoms with Crippen molar-refractivity contribution in [1.29, 1.82) is 0 Å². The first-order valence-corrected chi connectivity index (χ1v) is 10.3. The molecule has 1 unspecified atom stereocenters. The summed E-state index contributed by atoms with van der Waals surface area (Å²) in [5.41, 5.74) is 10.1. The topological polar surface area (TPSA) is 100 Å². The number of nitrogen functional groups attached to an aromatic ring is 1. The molecule has 0 fully saturated rings. The van der Waals surface area contributed by atoms with Gasteiger partial charge in [-0.3, -0.25) is 9.36 Å². The Morgan fingerprint density at radius 3 is 2.32 bits per heavy atom. The molecule has 2 aromatic heterocycles. The minimum atomic E-state index is -0.522. The van der Waals surface area contributed by atoms with Gasteiger partial charge in [0, 0.05) is 11.3 Å². The van der Waals surface area contributed by atoms with Gasteiger partial charge in [-0.1, -0.05) is 32.4 Å². The van der Waals surface area contributed by atoms with Crippen molar-refractivity contribution < 1.29 is 14.3 Å². The molecule has 0 bridgehead atoms. The van der Waals surface area contributed by atoms with Crippen LogP contribution in [-0.4, -0.2) is 32.9 Å². The molecule has 7 nitrogen and oxygen atoms in total. The quantitative estimate of drug-likeness (QED) is 0.365. The Bertz CT molecular complexity index is 1290. The molecule has 2 aromatic carbocycles. The van der Waals surface area contributed by atoms with Gasteiger partial charge in [-0.05, 0) is 49.2 Å². The van der Waals surface area contributed by atoms with Gasteiger partial charge in [-0.15, -0.1) is 0 Å². The zero-order valence-electron chi connectivity index (χ0n) is 17.8. The molecule has 4 aromatic rings. The van der Waals surface area contributed by atoms with Gasteiger partial charge in [0.15, 0.2) is 11.4 Å². The molecule has 7 heteroatoms. The summed E-state index contributed by atoms with van der Waals surface area (Å²) < 4.78 is 7.22. The van der Waals surface area contributed by atoms with Crippen molar-refractivity contribution in [2.24, 2.45) is 5.92 Å². The van der Waals surface area contributed by atoms with Gasteiger partial charge in [-0.2, -0.15) is 0 Å². The van der Waals surface area contributed by atoms with Crippen molar-refractivity contribution in [3.8, 4) is 5.69 Å². The fraction of sp³-hybridized carbons (Fsp3) is 0.250. The van der Waals surface area contributed by atoms with E-state index in [0.29, 0.717) is 40.1 Å². The molecule has 31 heavy (non-hydrogen) atoms. The van der Waals surface area contributed by atoms with Crippen LogP contribution in [0.2, 0.25) is 0 Å². The first-order chi connectivity index (χ1) is 14.9. The SMILES string of the molecule is CCC(C)COC(=O)c1c(N)n(-c2ccc(C(C)=O)cc2)c2nc3ccccc3nc12. The Labute approximate surface area is 179 Å². The molecule has 1 atom stereocenters. The normalized spacial score (nSPS) is 12.2. The van der Waals surface area contributed by atoms with E-state index in [-0.39, 0.29) is 23.1 Å². The number of nitrogens with zero attached hydrogens (tertiary/aromatic N) is 3. The van der Waals surface area contributed by atoms with E-state index in [1.165, 1.54) is 6.92 Å². The van der Waals surface area contributed by atoms with E-state index in [1.807, 2.05) is 38.1 Å². The van der Waals surface area contributed by atoms with Crippen LogP contribution in [0.4, 0.5) is 5.82 Å². The third-order valence-corrected chi connectivity index (χ3v) is 5.43. The van der Waals surface area contributed by atoms with Crippen molar-refractivity contribution in [3.63, 3.8) is 0 Å². The standard InChI is InChI=1S/C24H24N4O3/c1-4-14(2)13-31-24(30)20-21-23(27-19-8-6-5-7-18(19)26-21)28(22(20)25)17-11-9-16(10-12-17)15(3)29/h5-12,14H,4,13,25H2,1-3H3. The number of carbonyl (C=O) groups excluding carboxylic acids is 2. The lowest BCUT2D eigenvalue weighted by molar-refractivity contribution is 0.0450. The highest BCUT2D eigenvalue weighted by atomic mass is 16.5. The summed E-state index contributed by atoms with van der Waals surface area (Å²) in [7, 11) is 0. The number of anilines is 1. The van der Waals surface area contributed by atoms with Crippen molar-refractivity contribution in [3.05, 3.63) is 59.7 Å². The van der Waals surface area contributed by atoms with Crippen LogP contribution in [0.5, 0.6) is 0 Å². The van der Waals surface area contributed by atoms with E-state index in [0.717, 1.165) is 6.42 Å². The molecule has 4 rings (SSSR count). The molecule has 0 aliphatic carbocycles. The number of benzene rings is 2. The minimum Gasteiger partial charge on any atom is -0.462 e. The average molecular weight is 416 g/mol. The van der Waals surface area contributed by atoms with Crippen LogP contribution < -0.4 is 5.73 Å². The second-order valence-electron chi connectivity index (χ2n) is 7.70. The third-order valence-electron chi connectivity index (χ3n) is 5.43. The number of ketones is 1. The lowest BCUT2D eigenvalue weighted by atomic mass is 10.1. The van der Waals surface area contributed by atoms with Crippen molar-refractivity contribution in [2.45, 2.75) is 27.2 Å². The number of esters is 1. The van der Waals surface area contributed by atoms with E-state index in [2.05, 4.69) is 4.98 Å². The summed E-state index contributed by atoms with van der Waals surface area (Å²) in [6.45, 7) is 5.87. The lowest BCUT2D eigenvalue weighted by Gasteiger charge is -2.10. The van der Waals surface area contributed by atoms with Crippen molar-refractivity contribution in [1.82, 2.24) is 14.5 Å². The maximum Gasteiger partial charge on any atom is 0.344 e. The monoisotopic (exact) mass is 416 g/mol. The Morgan fingerprint density at radius 2 is 1.71 bits per heavy atom. The number of aromatic nitrogens is 3. The van der Waals surface area contributed by atoms with Gasteiger partial charge in [0.25, 0.3) is 0 Å². The Kier molecular flexibility index (Phi) is 5.42. The van der Waals surface area contributed by atoms with Crippen molar-refractivity contribution >= 4 is 39.8 Å². The first kappa shape index (κ1) is 20.5. The summed E-state index contributed by atoms with van der Waals surface area (Å²) in [6, 6.07) is 14.4. The van der Waals surface area contributed by atoms with E-state index < -0.39 is 5.97 Å². The summed E-state index contributed by atoms with van der Waals surface area (Å²) in [5, 5.41) is 0. The Balaban J connectivity index is 1.92. The number of para-hydroxylation sites is 2. The molecule has 2 N–H and O–H groups in total. The number of Topliss-reactive ketones (excluding diaryl/α,β-unsaturated/α-hetero) is 1. The summed E-state index contributed by atoms with van der Waals surface area (Å²) in [5.74, 6) is -0.108. The molecule has 0 saturated carbocycles. The lowest BCUT2D eigenvalue weighted by Crippen LogP contribution is -2.13. The van der Waals surface area contributed by atoms with Gasteiger partial charge in [0.05, 0.1) is 17.6 Å². The minimum absolute atomic E-state index is 0.0306. The van der Waals surface area contributed by atoms with Gasteiger partial charge >= 0.3 is 5.97 Å². The van der Waals surface area contributed by atoms with E-state index in [9.17, 15) is 9.59 Å². The van der Waals surface area contributed by atoms with Crippen LogP contribution in [0.3, 0.4) is 0 Å². The Hall–Kier alpha value is -3.74. The zero-order valence-corrected chi connectivity index (χ0v) is 17.8. The van der Waals surface area contributed by atoms with Gasteiger partial charge in [0.2, 0.25) is 0 Å². The zero-order chi connectivity index (χ0) is 22.1. The summed E-state index contributed by atoms with van der Waals surface area (Å²) in [4.78, 5) is 34.1. The highest BCUT2D eigenvalue weighted by molar-refractivity contribution is 6.09. The molecule has 158 valence electrons.